The van der Waals surface area contributed by atoms with Gasteiger partial charge in [-0.1, -0.05) is 12.1 Å². The van der Waals surface area contributed by atoms with Gasteiger partial charge in [-0.15, -0.1) is 0 Å². The molecule has 0 unspecified atom stereocenters. The Hall–Kier alpha value is -4.26. The molecule has 290 valence electrons. The van der Waals surface area contributed by atoms with Gasteiger partial charge in [0, 0.05) is 24.8 Å². The number of halogens is 9. The van der Waals surface area contributed by atoms with E-state index in [1.165, 1.54) is 16.7 Å². The Morgan fingerprint density at radius 2 is 1.55 bits per heavy atom. The van der Waals surface area contributed by atoms with E-state index in [-0.39, 0.29) is 39.9 Å². The lowest BCUT2D eigenvalue weighted by Gasteiger charge is -2.26. The maximum atomic E-state index is 14.2. The number of methoxy groups -OCH3 is 1. The molecule has 4 aromatic rings. The van der Waals surface area contributed by atoms with Crippen molar-refractivity contribution >= 4 is 41.5 Å². The zero-order valence-electron chi connectivity index (χ0n) is 27.9. The van der Waals surface area contributed by atoms with Gasteiger partial charge in [0.1, 0.15) is 17.1 Å². The molecule has 0 amide bonds. The number of hydrogen-bond donors (Lipinski definition) is 4. The van der Waals surface area contributed by atoms with Crippen LogP contribution in [0.25, 0.3) is 10.8 Å². The lowest BCUT2D eigenvalue weighted by atomic mass is 9.81. The predicted octanol–water partition coefficient (Wildman–Crippen LogP) is 9.06. The normalized spacial score (nSPS) is 17.3. The van der Waals surface area contributed by atoms with E-state index in [9.17, 15) is 54.3 Å². The molecule has 21 heteroatoms. The van der Waals surface area contributed by atoms with Gasteiger partial charge in [0.25, 0.3) is 0 Å². The molecule has 2 aromatic heterocycles. The number of nitrogens with one attached hydrogen (secondary N) is 2. The fourth-order valence-corrected chi connectivity index (χ4v) is 7.51. The van der Waals surface area contributed by atoms with Crippen molar-refractivity contribution in [1.82, 2.24) is 14.5 Å². The van der Waals surface area contributed by atoms with Crippen LogP contribution in [-0.2, 0) is 33.0 Å². The maximum absolute atomic E-state index is 14.2. The van der Waals surface area contributed by atoms with E-state index >= 15 is 0 Å². The lowest BCUT2D eigenvalue weighted by molar-refractivity contribution is -0.165. The first kappa shape index (κ1) is 39.9. The summed E-state index contributed by atoms with van der Waals surface area (Å²) >= 11 is 0. The molecule has 0 aliphatic heterocycles. The molecule has 0 bridgehead atoms. The Kier molecular flexibility index (Phi) is 11.5. The smallest absolute Gasteiger partial charge is 0.421 e. The summed E-state index contributed by atoms with van der Waals surface area (Å²) in [6, 6.07) is 6.69. The van der Waals surface area contributed by atoms with Gasteiger partial charge >= 0.3 is 26.1 Å². The zero-order chi connectivity index (χ0) is 38.9. The standard InChI is InChI=1S/C32H33F9N5O6P/c1-46-13-21-20(18-4-6-19(47)7-5-18)8-10-24(26(21)28(46)48)43-27-22(32(39,40)41)12-42-29(45-27)44-23-9-3-17(11-25(23)50-2)14-53(49,51-15-30(33,34)35)52-16-31(36,37)38/h3,8-13,18-19,47-48H,4-7,14-16H2,1-2H3,(H2,42,43,44,45). The summed E-state index contributed by atoms with van der Waals surface area (Å²) in [6.07, 6.45) is -11.7. The van der Waals surface area contributed by atoms with Crippen molar-refractivity contribution < 1.29 is 68.1 Å². The molecule has 53 heavy (non-hydrogen) atoms. The van der Waals surface area contributed by atoms with Gasteiger partial charge < -0.3 is 30.2 Å². The average molecular weight is 786 g/mol. The largest absolute Gasteiger partial charge is 0.495 e. The van der Waals surface area contributed by atoms with E-state index in [0.29, 0.717) is 37.3 Å². The number of aliphatic hydroxyl groups excluding tert-OH is 1. The minimum absolute atomic E-state index is 0.00532. The van der Waals surface area contributed by atoms with E-state index in [1.807, 2.05) is 0 Å². The SMILES string of the molecule is COc1cc(CP(=O)(OCC(F)(F)F)OCC(F)(F)F)ccc1Nc1ncc(C(F)(F)F)c(Nc2ccc(C3CCC(O)CC3)c3cn(C)c(O)c23)n1. The molecule has 1 saturated carbocycles. The second kappa shape index (κ2) is 15.2. The van der Waals surface area contributed by atoms with Crippen LogP contribution in [0.1, 0.15) is 48.3 Å². The summed E-state index contributed by atoms with van der Waals surface area (Å²) in [5.41, 5.74) is -0.433. The van der Waals surface area contributed by atoms with Crippen molar-refractivity contribution in [1.29, 1.82) is 0 Å². The minimum atomic E-state index is -5.03. The Morgan fingerprint density at radius 3 is 2.13 bits per heavy atom. The van der Waals surface area contributed by atoms with E-state index < -0.39 is 68.9 Å². The summed E-state index contributed by atoms with van der Waals surface area (Å²) in [7, 11) is -2.31. The number of fused-ring (bicyclic) bond motifs is 1. The first-order valence-corrected chi connectivity index (χ1v) is 17.5. The summed E-state index contributed by atoms with van der Waals surface area (Å²) in [4.78, 5) is 7.77. The second-order valence-corrected chi connectivity index (χ2v) is 14.4. The molecular weight excluding hydrogens is 752 g/mol. The number of alkyl halides is 9. The first-order valence-electron chi connectivity index (χ1n) is 15.8. The Bertz CT molecular complexity index is 1960. The highest BCUT2D eigenvalue weighted by molar-refractivity contribution is 7.53. The predicted molar refractivity (Wildman–Crippen MR) is 174 cm³/mol. The number of nitrogens with zero attached hydrogens (tertiary/aromatic N) is 3. The quantitative estimate of drug-likeness (QED) is 0.0813. The number of benzene rings is 2. The highest BCUT2D eigenvalue weighted by atomic mass is 31.2. The summed E-state index contributed by atoms with van der Waals surface area (Å²) in [5, 5.41) is 27.1. The number of hydrogen-bond acceptors (Lipinski definition) is 10. The zero-order valence-corrected chi connectivity index (χ0v) is 28.8. The van der Waals surface area contributed by atoms with Crippen molar-refractivity contribution in [3.63, 3.8) is 0 Å². The Balaban J connectivity index is 1.44. The van der Waals surface area contributed by atoms with Gasteiger partial charge in [0.05, 0.1) is 36.1 Å². The molecule has 5 rings (SSSR count). The van der Waals surface area contributed by atoms with Gasteiger partial charge in [0.15, 0.2) is 13.2 Å². The molecule has 0 spiro atoms. The van der Waals surface area contributed by atoms with Gasteiger partial charge in [-0.05, 0) is 60.9 Å². The molecular formula is C32H33F9N5O6P. The van der Waals surface area contributed by atoms with Crippen LogP contribution in [0.4, 0.5) is 62.7 Å². The van der Waals surface area contributed by atoms with Crippen molar-refractivity contribution in [3.05, 3.63) is 59.4 Å². The molecule has 0 atom stereocenters. The summed E-state index contributed by atoms with van der Waals surface area (Å²) < 4.78 is 147. The number of aromatic nitrogens is 3. The highest BCUT2D eigenvalue weighted by Gasteiger charge is 2.39. The Morgan fingerprint density at radius 1 is 0.925 bits per heavy atom. The van der Waals surface area contributed by atoms with Crippen molar-refractivity contribution in [3.8, 4) is 11.6 Å². The fourth-order valence-electron chi connectivity index (χ4n) is 5.92. The van der Waals surface area contributed by atoms with Crippen LogP contribution in [0.5, 0.6) is 11.6 Å². The fraction of sp³-hybridized carbons (Fsp3) is 0.438. The molecule has 1 aliphatic rings. The molecule has 2 aromatic carbocycles. The van der Waals surface area contributed by atoms with Crippen LogP contribution >= 0.6 is 7.60 Å². The second-order valence-electron chi connectivity index (χ2n) is 12.3. The first-order chi connectivity index (χ1) is 24.6. The lowest BCUT2D eigenvalue weighted by Crippen LogP contribution is -2.20. The summed E-state index contributed by atoms with van der Waals surface area (Å²) in [6.45, 7) is -4.29. The van der Waals surface area contributed by atoms with E-state index in [0.717, 1.165) is 24.8 Å². The van der Waals surface area contributed by atoms with E-state index in [1.54, 1.807) is 19.3 Å². The van der Waals surface area contributed by atoms with Crippen LogP contribution in [0.15, 0.2) is 42.7 Å². The monoisotopic (exact) mass is 785 g/mol. The number of ether oxygens (including phenoxy) is 1. The van der Waals surface area contributed by atoms with Crippen LogP contribution in [0.3, 0.4) is 0 Å². The number of anilines is 4. The average Bonchev–Trinajstić information content (AvgIpc) is 3.37. The third kappa shape index (κ3) is 10.0. The van der Waals surface area contributed by atoms with Crippen molar-refractivity contribution in [2.75, 3.05) is 31.0 Å². The van der Waals surface area contributed by atoms with Crippen LogP contribution < -0.4 is 15.4 Å². The van der Waals surface area contributed by atoms with Crippen LogP contribution in [0.2, 0.25) is 0 Å². The van der Waals surface area contributed by atoms with Gasteiger partial charge in [-0.3, -0.25) is 13.6 Å². The van der Waals surface area contributed by atoms with Crippen molar-refractivity contribution in [2.45, 2.75) is 62.4 Å². The molecule has 11 nitrogen and oxygen atoms in total. The number of aliphatic hydroxyl groups is 1. The van der Waals surface area contributed by atoms with Crippen LogP contribution in [0, 0.1) is 0 Å². The minimum Gasteiger partial charge on any atom is -0.495 e. The molecule has 0 radical (unpaired) electrons. The third-order valence-corrected chi connectivity index (χ3v) is 10.2. The number of aromatic hydroxyl groups is 1. The van der Waals surface area contributed by atoms with Gasteiger partial charge in [-0.2, -0.15) is 44.5 Å². The highest BCUT2D eigenvalue weighted by Crippen LogP contribution is 2.54. The number of rotatable bonds is 12. The Labute approximate surface area is 295 Å². The molecule has 4 N–H and O–H groups in total. The van der Waals surface area contributed by atoms with Crippen molar-refractivity contribution in [2.24, 2.45) is 7.05 Å². The van der Waals surface area contributed by atoms with Gasteiger partial charge in [0.2, 0.25) is 11.8 Å². The molecule has 2 heterocycles. The van der Waals surface area contributed by atoms with Crippen LogP contribution in [-0.4, -0.2) is 63.5 Å². The molecule has 1 fully saturated rings. The molecule has 0 saturated heterocycles. The van der Waals surface area contributed by atoms with Gasteiger partial charge in [-0.25, -0.2) is 4.98 Å². The van der Waals surface area contributed by atoms with E-state index in [2.05, 4.69) is 29.6 Å². The topological polar surface area (TPSA) is 140 Å². The third-order valence-electron chi connectivity index (χ3n) is 8.38. The number of aryl methyl sites for hydroxylation is 1. The van der Waals surface area contributed by atoms with E-state index in [4.69, 9.17) is 4.74 Å². The maximum Gasteiger partial charge on any atom is 0.421 e. The molecule has 1 aliphatic carbocycles. The summed E-state index contributed by atoms with van der Waals surface area (Å²) in [5.74, 6) is -1.41.